The van der Waals surface area contributed by atoms with Gasteiger partial charge in [-0.15, -0.1) is 0 Å². The Bertz CT molecular complexity index is 304. The van der Waals surface area contributed by atoms with Gasteiger partial charge in [-0.1, -0.05) is 45.1 Å². The predicted octanol–water partition coefficient (Wildman–Crippen LogP) is 4.82. The third-order valence-electron chi connectivity index (χ3n) is 3.93. The Hall–Kier alpha value is -0.990. The van der Waals surface area contributed by atoms with Gasteiger partial charge in [0, 0.05) is 6.04 Å². The van der Waals surface area contributed by atoms with Gasteiger partial charge >= 0.3 is 6.09 Å². The highest BCUT2D eigenvalue weighted by molar-refractivity contribution is 5.67. The van der Waals surface area contributed by atoms with Gasteiger partial charge < -0.3 is 10.1 Å². The summed E-state index contributed by atoms with van der Waals surface area (Å²) in [5, 5.41) is 2.96. The lowest BCUT2D eigenvalue weighted by molar-refractivity contribution is 0.150. The molecule has 1 rings (SSSR count). The molecule has 1 amide bonds. The molecular weight excluding hydrogens is 250 g/mol. The lowest BCUT2D eigenvalue weighted by atomic mass is 9.96. The summed E-state index contributed by atoms with van der Waals surface area (Å²) in [6, 6.07) is 0.326. The van der Waals surface area contributed by atoms with E-state index in [0.717, 1.165) is 25.2 Å². The van der Waals surface area contributed by atoms with Gasteiger partial charge in [0.05, 0.1) is 0 Å². The maximum atomic E-state index is 11.6. The summed E-state index contributed by atoms with van der Waals surface area (Å²) >= 11 is 0. The number of allylic oxidation sites excluding steroid dienone is 1. The maximum absolute atomic E-state index is 11.6. The molecule has 1 aliphatic carbocycles. The standard InChI is InChI=1S/C17H31NO2/c1-14(2)8-7-9-15(3)12-13-20-17(19)18-16-10-5-4-6-11-16/h12,14,16H,4-11,13H2,1-3H3,(H,18,19). The Balaban J connectivity index is 2.10. The zero-order chi connectivity index (χ0) is 14.8. The van der Waals surface area contributed by atoms with Gasteiger partial charge in [-0.25, -0.2) is 4.79 Å². The molecule has 0 aliphatic heterocycles. The molecule has 116 valence electrons. The minimum absolute atomic E-state index is 0.261. The van der Waals surface area contributed by atoms with E-state index in [1.807, 2.05) is 6.08 Å². The Kier molecular flexibility index (Phi) is 8.40. The fraction of sp³-hybridized carbons (Fsp3) is 0.824. The van der Waals surface area contributed by atoms with E-state index in [1.165, 1.54) is 37.7 Å². The molecule has 3 nitrogen and oxygen atoms in total. The van der Waals surface area contributed by atoms with Crippen LogP contribution in [0, 0.1) is 5.92 Å². The van der Waals surface area contributed by atoms with Crippen LogP contribution < -0.4 is 5.32 Å². The van der Waals surface area contributed by atoms with Crippen LogP contribution in [0.25, 0.3) is 0 Å². The molecule has 0 aromatic rings. The van der Waals surface area contributed by atoms with Gasteiger partial charge in [-0.2, -0.15) is 0 Å². The van der Waals surface area contributed by atoms with E-state index in [-0.39, 0.29) is 6.09 Å². The molecule has 0 atom stereocenters. The first-order chi connectivity index (χ1) is 9.58. The molecule has 1 fully saturated rings. The summed E-state index contributed by atoms with van der Waals surface area (Å²) in [7, 11) is 0. The number of rotatable bonds is 7. The van der Waals surface area contributed by atoms with Crippen LogP contribution in [0.3, 0.4) is 0 Å². The Morgan fingerprint density at radius 2 is 2.00 bits per heavy atom. The van der Waals surface area contributed by atoms with Crippen LogP contribution in [-0.2, 0) is 4.74 Å². The molecule has 0 bridgehead atoms. The zero-order valence-corrected chi connectivity index (χ0v) is 13.4. The number of hydrogen-bond acceptors (Lipinski definition) is 2. The fourth-order valence-electron chi connectivity index (χ4n) is 2.61. The van der Waals surface area contributed by atoms with E-state index in [0.29, 0.717) is 12.6 Å². The second-order valence-corrected chi connectivity index (χ2v) is 6.41. The lowest BCUT2D eigenvalue weighted by Gasteiger charge is -2.22. The van der Waals surface area contributed by atoms with Crippen molar-refractivity contribution in [3.05, 3.63) is 11.6 Å². The summed E-state index contributed by atoms with van der Waals surface area (Å²) in [4.78, 5) is 11.6. The van der Waals surface area contributed by atoms with Crippen molar-refractivity contribution < 1.29 is 9.53 Å². The Morgan fingerprint density at radius 1 is 1.30 bits per heavy atom. The van der Waals surface area contributed by atoms with Crippen molar-refractivity contribution in [1.82, 2.24) is 5.32 Å². The molecule has 0 heterocycles. The first-order valence-electron chi connectivity index (χ1n) is 8.17. The normalized spacial score (nSPS) is 17.3. The van der Waals surface area contributed by atoms with Crippen LogP contribution >= 0.6 is 0 Å². The SMILES string of the molecule is CC(=CCOC(=O)NC1CCCCC1)CCCC(C)C. The van der Waals surface area contributed by atoms with Crippen molar-refractivity contribution in [2.45, 2.75) is 78.2 Å². The minimum Gasteiger partial charge on any atom is -0.445 e. The van der Waals surface area contributed by atoms with Gasteiger partial charge in [-0.3, -0.25) is 0 Å². The molecule has 1 saturated carbocycles. The molecule has 20 heavy (non-hydrogen) atoms. The van der Waals surface area contributed by atoms with Crippen LogP contribution in [0.5, 0.6) is 0 Å². The molecule has 1 N–H and O–H groups in total. The smallest absolute Gasteiger partial charge is 0.407 e. The van der Waals surface area contributed by atoms with Crippen molar-refractivity contribution in [1.29, 1.82) is 0 Å². The van der Waals surface area contributed by atoms with Crippen molar-refractivity contribution in [3.8, 4) is 0 Å². The number of hydrogen-bond donors (Lipinski definition) is 1. The van der Waals surface area contributed by atoms with Crippen molar-refractivity contribution in [2.75, 3.05) is 6.61 Å². The molecule has 0 saturated heterocycles. The molecule has 0 aromatic heterocycles. The Morgan fingerprint density at radius 3 is 2.65 bits per heavy atom. The van der Waals surface area contributed by atoms with E-state index in [1.54, 1.807) is 0 Å². The highest BCUT2D eigenvalue weighted by Gasteiger charge is 2.15. The number of carbonyl (C=O) groups excluding carboxylic acids is 1. The van der Waals surface area contributed by atoms with Crippen molar-refractivity contribution >= 4 is 6.09 Å². The molecular formula is C17H31NO2. The maximum Gasteiger partial charge on any atom is 0.407 e. The van der Waals surface area contributed by atoms with Crippen LogP contribution in [0.15, 0.2) is 11.6 Å². The number of alkyl carbamates (subject to hydrolysis) is 1. The lowest BCUT2D eigenvalue weighted by Crippen LogP contribution is -2.36. The van der Waals surface area contributed by atoms with Gasteiger partial charge in [0.15, 0.2) is 0 Å². The van der Waals surface area contributed by atoms with Crippen LogP contribution in [0.1, 0.15) is 72.1 Å². The molecule has 0 unspecified atom stereocenters. The highest BCUT2D eigenvalue weighted by atomic mass is 16.5. The quantitative estimate of drug-likeness (QED) is 0.679. The van der Waals surface area contributed by atoms with Gasteiger partial charge in [0.2, 0.25) is 0 Å². The second kappa shape index (κ2) is 9.84. The summed E-state index contributed by atoms with van der Waals surface area (Å²) in [5.41, 5.74) is 1.32. The molecule has 1 aliphatic rings. The van der Waals surface area contributed by atoms with Gasteiger partial charge in [0.1, 0.15) is 6.61 Å². The molecule has 0 spiro atoms. The first-order valence-corrected chi connectivity index (χ1v) is 8.17. The van der Waals surface area contributed by atoms with Gasteiger partial charge in [0.25, 0.3) is 0 Å². The van der Waals surface area contributed by atoms with Crippen LogP contribution in [0.4, 0.5) is 4.79 Å². The number of carbonyl (C=O) groups is 1. The number of nitrogens with one attached hydrogen (secondary N) is 1. The van der Waals surface area contributed by atoms with E-state index >= 15 is 0 Å². The summed E-state index contributed by atoms with van der Waals surface area (Å²) in [5.74, 6) is 0.764. The van der Waals surface area contributed by atoms with Crippen LogP contribution in [0.2, 0.25) is 0 Å². The molecule has 3 heteroatoms. The molecule has 0 radical (unpaired) electrons. The van der Waals surface area contributed by atoms with E-state index < -0.39 is 0 Å². The first kappa shape index (κ1) is 17.1. The Labute approximate surface area is 124 Å². The zero-order valence-electron chi connectivity index (χ0n) is 13.4. The number of ether oxygens (including phenoxy) is 1. The van der Waals surface area contributed by atoms with Crippen molar-refractivity contribution in [2.24, 2.45) is 5.92 Å². The van der Waals surface area contributed by atoms with Crippen LogP contribution in [-0.4, -0.2) is 18.7 Å². The monoisotopic (exact) mass is 281 g/mol. The number of amides is 1. The summed E-state index contributed by atoms with van der Waals surface area (Å²) in [6.07, 6.45) is 11.3. The van der Waals surface area contributed by atoms with Crippen molar-refractivity contribution in [3.63, 3.8) is 0 Å². The average molecular weight is 281 g/mol. The minimum atomic E-state index is -0.261. The summed E-state index contributed by atoms with van der Waals surface area (Å²) in [6.45, 7) is 7.00. The average Bonchev–Trinajstić information content (AvgIpc) is 2.39. The fourth-order valence-corrected chi connectivity index (χ4v) is 2.61. The molecule has 0 aromatic carbocycles. The largest absolute Gasteiger partial charge is 0.445 e. The second-order valence-electron chi connectivity index (χ2n) is 6.41. The van der Waals surface area contributed by atoms with E-state index in [2.05, 4.69) is 26.1 Å². The third-order valence-corrected chi connectivity index (χ3v) is 3.93. The highest BCUT2D eigenvalue weighted by Crippen LogP contribution is 2.17. The third kappa shape index (κ3) is 8.23. The predicted molar refractivity (Wildman–Crippen MR) is 83.8 cm³/mol. The van der Waals surface area contributed by atoms with E-state index in [4.69, 9.17) is 4.74 Å². The van der Waals surface area contributed by atoms with Gasteiger partial charge in [-0.05, 0) is 44.6 Å². The van der Waals surface area contributed by atoms with E-state index in [9.17, 15) is 4.79 Å². The summed E-state index contributed by atoms with van der Waals surface area (Å²) < 4.78 is 5.22. The topological polar surface area (TPSA) is 38.3 Å².